The third kappa shape index (κ3) is 3.69. The number of carbonyl (C=O) groups is 1. The summed E-state index contributed by atoms with van der Waals surface area (Å²) in [7, 11) is 2.44. The number of halogens is 3. The molecule has 0 aliphatic rings. The van der Waals surface area contributed by atoms with Crippen molar-refractivity contribution in [3.05, 3.63) is 29.3 Å². The highest BCUT2D eigenvalue weighted by molar-refractivity contribution is 6.57. The molecule has 7 heteroatoms. The van der Waals surface area contributed by atoms with E-state index in [4.69, 9.17) is 4.74 Å². The van der Waals surface area contributed by atoms with Gasteiger partial charge in [-0.1, -0.05) is 6.32 Å². The first-order valence-electron chi connectivity index (χ1n) is 4.83. The van der Waals surface area contributed by atoms with Crippen molar-refractivity contribution in [1.82, 2.24) is 0 Å². The first-order chi connectivity index (χ1) is 7.87. The van der Waals surface area contributed by atoms with Crippen LogP contribution in [0.2, 0.25) is 0 Å². The van der Waals surface area contributed by atoms with Gasteiger partial charge in [-0.2, -0.15) is 0 Å². The fraction of sp³-hybridized carbons (Fsp3) is 0.300. The summed E-state index contributed by atoms with van der Waals surface area (Å²) in [5.74, 6) is -0.569. The molecule has 0 radical (unpaired) electrons. The molecule has 0 atom stereocenters. The average Bonchev–Trinajstić information content (AvgIpc) is 2.25. The molecule has 0 amide bonds. The Morgan fingerprint density at radius 2 is 1.94 bits per heavy atom. The van der Waals surface area contributed by atoms with Gasteiger partial charge in [0.2, 0.25) is 0 Å². The lowest BCUT2D eigenvalue weighted by Crippen LogP contribution is -2.20. The molecule has 0 aliphatic carbocycles. The molecular weight excluding hydrogens is 236 g/mol. The first-order valence-corrected chi connectivity index (χ1v) is 4.83. The highest BCUT2D eigenvalue weighted by Gasteiger charge is 2.25. The van der Waals surface area contributed by atoms with Gasteiger partial charge in [-0.25, -0.2) is 4.79 Å². The van der Waals surface area contributed by atoms with E-state index in [1.165, 1.54) is 26.4 Å². The lowest BCUT2D eigenvalue weighted by molar-refractivity contribution is 0.0600. The van der Waals surface area contributed by atoms with Gasteiger partial charge in [0.05, 0.1) is 19.8 Å². The highest BCUT2D eigenvalue weighted by atomic mass is 19.4. The Hall–Kier alpha value is -1.66. The molecular formula is C10H11BF3O3-. The molecule has 1 aromatic rings. The average molecular weight is 247 g/mol. The lowest BCUT2D eigenvalue weighted by atomic mass is 9.81. The Balaban J connectivity index is 3.11. The molecule has 0 spiro atoms. The Bertz CT molecular complexity index is 418. The molecule has 17 heavy (non-hydrogen) atoms. The van der Waals surface area contributed by atoms with Crippen molar-refractivity contribution >= 4 is 12.9 Å². The van der Waals surface area contributed by atoms with Crippen molar-refractivity contribution in [1.29, 1.82) is 0 Å². The Kier molecular flexibility index (Phi) is 4.04. The number of ether oxygens (including phenoxy) is 2. The maximum atomic E-state index is 12.4. The number of carbonyl (C=O) groups excluding carboxylic acids is 1. The standard InChI is InChI=1S/C10H11BF3O3/c1-16-9-4-3-7(10(15)17-2)5-8(9)6-11(12,13)14/h3-5H,6H2,1-2H3/q-1. The van der Waals surface area contributed by atoms with Crippen molar-refractivity contribution in [2.75, 3.05) is 14.2 Å². The summed E-state index contributed by atoms with van der Waals surface area (Å²) in [6.45, 7) is -4.98. The highest BCUT2D eigenvalue weighted by Crippen LogP contribution is 2.26. The van der Waals surface area contributed by atoms with Crippen LogP contribution in [0.15, 0.2) is 18.2 Å². The van der Waals surface area contributed by atoms with Crippen LogP contribution >= 0.6 is 0 Å². The number of benzene rings is 1. The second kappa shape index (κ2) is 5.12. The van der Waals surface area contributed by atoms with Gasteiger partial charge in [-0.3, -0.25) is 0 Å². The molecule has 94 valence electrons. The van der Waals surface area contributed by atoms with Crippen LogP contribution in [0.3, 0.4) is 0 Å². The minimum Gasteiger partial charge on any atom is -0.497 e. The van der Waals surface area contributed by atoms with Crippen LogP contribution in [-0.2, 0) is 11.1 Å². The van der Waals surface area contributed by atoms with Crippen molar-refractivity contribution < 1.29 is 27.2 Å². The van der Waals surface area contributed by atoms with E-state index in [0.717, 1.165) is 6.07 Å². The van der Waals surface area contributed by atoms with E-state index < -0.39 is 19.3 Å². The first kappa shape index (κ1) is 13.4. The molecule has 0 heterocycles. The Morgan fingerprint density at radius 3 is 2.41 bits per heavy atom. The van der Waals surface area contributed by atoms with Gasteiger partial charge in [-0.05, 0) is 23.8 Å². The van der Waals surface area contributed by atoms with E-state index >= 15 is 0 Å². The van der Waals surface area contributed by atoms with E-state index in [1.54, 1.807) is 0 Å². The SMILES string of the molecule is COC(=O)c1ccc(OC)c(C[B-](F)(F)F)c1. The largest absolute Gasteiger partial charge is 0.497 e. The van der Waals surface area contributed by atoms with Crippen molar-refractivity contribution in [3.8, 4) is 5.75 Å². The number of methoxy groups -OCH3 is 2. The Labute approximate surface area is 96.6 Å². The van der Waals surface area contributed by atoms with Crippen LogP contribution in [-0.4, -0.2) is 27.2 Å². The maximum Gasteiger partial charge on any atom is 0.482 e. The zero-order valence-electron chi connectivity index (χ0n) is 9.38. The summed E-state index contributed by atoms with van der Waals surface area (Å²) in [5, 5.41) is 0. The molecule has 0 aliphatic heterocycles. The van der Waals surface area contributed by atoms with E-state index in [2.05, 4.69) is 4.74 Å². The van der Waals surface area contributed by atoms with Gasteiger partial charge >= 0.3 is 12.9 Å². The molecule has 0 N–H and O–H groups in total. The second-order valence-electron chi connectivity index (χ2n) is 3.43. The number of hydrogen-bond acceptors (Lipinski definition) is 3. The van der Waals surface area contributed by atoms with Crippen molar-refractivity contribution in [2.24, 2.45) is 0 Å². The minimum atomic E-state index is -4.98. The molecule has 1 aromatic carbocycles. The van der Waals surface area contributed by atoms with Gasteiger partial charge in [0.25, 0.3) is 0 Å². The van der Waals surface area contributed by atoms with Crippen molar-refractivity contribution in [3.63, 3.8) is 0 Å². The van der Waals surface area contributed by atoms with Crippen LogP contribution in [0.5, 0.6) is 5.75 Å². The van der Waals surface area contributed by atoms with Gasteiger partial charge in [0, 0.05) is 0 Å². The van der Waals surface area contributed by atoms with Crippen LogP contribution in [0, 0.1) is 0 Å². The number of esters is 1. The van der Waals surface area contributed by atoms with Crippen LogP contribution < -0.4 is 4.74 Å². The summed E-state index contributed by atoms with van der Waals surface area (Å²) < 4.78 is 46.3. The normalized spacial score (nSPS) is 11.1. The Morgan fingerprint density at radius 1 is 1.29 bits per heavy atom. The molecule has 3 nitrogen and oxygen atoms in total. The van der Waals surface area contributed by atoms with Crippen LogP contribution in [0.4, 0.5) is 12.9 Å². The summed E-state index contributed by atoms with van der Waals surface area (Å²) in [6, 6.07) is 3.82. The van der Waals surface area contributed by atoms with Crippen LogP contribution in [0.1, 0.15) is 15.9 Å². The lowest BCUT2D eigenvalue weighted by Gasteiger charge is -2.16. The third-order valence-corrected chi connectivity index (χ3v) is 2.15. The van der Waals surface area contributed by atoms with Gasteiger partial charge in [0.1, 0.15) is 5.75 Å². The summed E-state index contributed by atoms with van der Waals surface area (Å²) in [4.78, 5) is 11.2. The zero-order chi connectivity index (χ0) is 13.1. The van der Waals surface area contributed by atoms with E-state index in [1.807, 2.05) is 0 Å². The molecule has 1 rings (SSSR count). The van der Waals surface area contributed by atoms with Gasteiger partial charge < -0.3 is 22.4 Å². The molecule has 0 aromatic heterocycles. The second-order valence-corrected chi connectivity index (χ2v) is 3.43. The zero-order valence-corrected chi connectivity index (χ0v) is 9.38. The topological polar surface area (TPSA) is 35.5 Å². The molecule has 0 saturated carbocycles. The quantitative estimate of drug-likeness (QED) is 0.605. The van der Waals surface area contributed by atoms with E-state index in [9.17, 15) is 17.7 Å². The maximum absolute atomic E-state index is 12.4. The summed E-state index contributed by atoms with van der Waals surface area (Å²) in [6.07, 6.45) is -1.09. The van der Waals surface area contributed by atoms with Gasteiger partial charge in [-0.15, -0.1) is 0 Å². The van der Waals surface area contributed by atoms with Crippen LogP contribution in [0.25, 0.3) is 0 Å². The summed E-state index contributed by atoms with van der Waals surface area (Å²) >= 11 is 0. The van der Waals surface area contributed by atoms with E-state index in [0.29, 0.717) is 0 Å². The molecule has 0 bridgehead atoms. The molecule has 0 saturated heterocycles. The molecule has 0 fully saturated rings. The monoisotopic (exact) mass is 247 g/mol. The summed E-state index contributed by atoms with van der Waals surface area (Å²) in [5.41, 5.74) is 0.00579. The third-order valence-electron chi connectivity index (χ3n) is 2.15. The predicted molar refractivity (Wildman–Crippen MR) is 57.1 cm³/mol. The van der Waals surface area contributed by atoms with Gasteiger partial charge in [0.15, 0.2) is 0 Å². The fourth-order valence-electron chi connectivity index (χ4n) is 1.43. The number of hydrogen-bond donors (Lipinski definition) is 0. The smallest absolute Gasteiger partial charge is 0.482 e. The predicted octanol–water partition coefficient (Wildman–Crippen LogP) is 2.41. The van der Waals surface area contributed by atoms with Crippen molar-refractivity contribution in [2.45, 2.75) is 6.32 Å². The fourth-order valence-corrected chi connectivity index (χ4v) is 1.43. The molecule has 0 unspecified atom stereocenters. The van der Waals surface area contributed by atoms with E-state index in [-0.39, 0.29) is 16.9 Å². The minimum absolute atomic E-state index is 0.0668. The number of rotatable bonds is 4.